The predicted octanol–water partition coefficient (Wildman–Crippen LogP) is 3.51. The number of benzene rings is 1. The molecule has 0 spiro atoms. The summed E-state index contributed by atoms with van der Waals surface area (Å²) in [4.78, 5) is 23.4. The van der Waals surface area contributed by atoms with Crippen molar-refractivity contribution >= 4 is 17.4 Å². The third kappa shape index (κ3) is 4.13. The highest BCUT2D eigenvalue weighted by Crippen LogP contribution is 2.18. The van der Waals surface area contributed by atoms with E-state index in [0.29, 0.717) is 23.5 Å². The maximum Gasteiger partial charge on any atom is 0.221 e. The van der Waals surface area contributed by atoms with Gasteiger partial charge in [-0.2, -0.15) is 0 Å². The Morgan fingerprint density at radius 2 is 1.92 bits per heavy atom. The molecule has 1 N–H and O–H groups in total. The number of allylic oxidation sites excluding steroid dienone is 1. The molecule has 1 heterocycles. The Balaban J connectivity index is 2.02. The molecular formula is C19H22N2O3. The first-order chi connectivity index (χ1) is 11.4. The SMILES string of the molecule is C=CCn1c(C)cc(C(=O)COc2ccc(NC(C)=O)cc2)c1C. The maximum atomic E-state index is 12.4. The summed E-state index contributed by atoms with van der Waals surface area (Å²) in [6.45, 7) is 9.72. The molecule has 1 aromatic heterocycles. The summed E-state index contributed by atoms with van der Waals surface area (Å²) in [5.74, 6) is 0.385. The van der Waals surface area contributed by atoms with E-state index in [1.807, 2.05) is 24.5 Å². The molecule has 0 saturated heterocycles. The van der Waals surface area contributed by atoms with Gasteiger partial charge in [0.05, 0.1) is 0 Å². The standard InChI is InChI=1S/C19H22N2O3/c1-5-10-21-13(2)11-18(14(21)3)19(23)12-24-17-8-6-16(7-9-17)20-15(4)22/h5-9,11H,1,10,12H2,2-4H3,(H,20,22). The smallest absolute Gasteiger partial charge is 0.221 e. The lowest BCUT2D eigenvalue weighted by Gasteiger charge is -2.08. The zero-order valence-electron chi connectivity index (χ0n) is 14.3. The third-order valence-electron chi connectivity index (χ3n) is 3.73. The average Bonchev–Trinajstić information content (AvgIpc) is 2.82. The highest BCUT2D eigenvalue weighted by molar-refractivity contribution is 5.98. The second-order valence-corrected chi connectivity index (χ2v) is 5.60. The molecule has 0 aliphatic carbocycles. The van der Waals surface area contributed by atoms with E-state index in [1.54, 1.807) is 30.3 Å². The fourth-order valence-corrected chi connectivity index (χ4v) is 2.56. The van der Waals surface area contributed by atoms with E-state index in [-0.39, 0.29) is 18.3 Å². The fourth-order valence-electron chi connectivity index (χ4n) is 2.56. The Kier molecular flexibility index (Phi) is 5.58. The van der Waals surface area contributed by atoms with E-state index in [9.17, 15) is 9.59 Å². The van der Waals surface area contributed by atoms with Crippen molar-refractivity contribution in [3.8, 4) is 5.75 Å². The first kappa shape index (κ1) is 17.5. The van der Waals surface area contributed by atoms with Gasteiger partial charge in [-0.25, -0.2) is 0 Å². The van der Waals surface area contributed by atoms with Crippen molar-refractivity contribution in [2.45, 2.75) is 27.3 Å². The third-order valence-corrected chi connectivity index (χ3v) is 3.73. The van der Waals surface area contributed by atoms with Crippen molar-refractivity contribution in [3.63, 3.8) is 0 Å². The van der Waals surface area contributed by atoms with Crippen LogP contribution in [0, 0.1) is 13.8 Å². The topological polar surface area (TPSA) is 60.3 Å². The summed E-state index contributed by atoms with van der Waals surface area (Å²) in [6.07, 6.45) is 1.81. The minimum absolute atomic E-state index is 0.0299. The van der Waals surface area contributed by atoms with Crippen LogP contribution in [0.2, 0.25) is 0 Å². The van der Waals surface area contributed by atoms with E-state index in [2.05, 4.69) is 11.9 Å². The average molecular weight is 326 g/mol. The number of rotatable bonds is 7. The Hall–Kier alpha value is -2.82. The number of ether oxygens (including phenoxy) is 1. The first-order valence-electron chi connectivity index (χ1n) is 7.73. The quantitative estimate of drug-likeness (QED) is 0.625. The normalized spacial score (nSPS) is 10.3. The van der Waals surface area contributed by atoms with Gasteiger partial charge in [-0.15, -0.1) is 6.58 Å². The van der Waals surface area contributed by atoms with Crippen molar-refractivity contribution in [2.24, 2.45) is 0 Å². The monoisotopic (exact) mass is 326 g/mol. The van der Waals surface area contributed by atoms with E-state index >= 15 is 0 Å². The molecule has 5 nitrogen and oxygen atoms in total. The van der Waals surface area contributed by atoms with Gasteiger partial charge in [0.15, 0.2) is 6.61 Å². The van der Waals surface area contributed by atoms with Gasteiger partial charge in [0.2, 0.25) is 11.7 Å². The number of carbonyl (C=O) groups excluding carboxylic acids is 2. The van der Waals surface area contributed by atoms with Crippen molar-refractivity contribution in [3.05, 3.63) is 59.9 Å². The van der Waals surface area contributed by atoms with Gasteiger partial charge in [0, 0.05) is 36.1 Å². The second-order valence-electron chi connectivity index (χ2n) is 5.60. The van der Waals surface area contributed by atoms with E-state index < -0.39 is 0 Å². The number of aryl methyl sites for hydroxylation is 1. The lowest BCUT2D eigenvalue weighted by molar-refractivity contribution is -0.114. The molecule has 0 radical (unpaired) electrons. The van der Waals surface area contributed by atoms with Crippen LogP contribution in [-0.2, 0) is 11.3 Å². The molecule has 1 amide bonds. The second kappa shape index (κ2) is 7.64. The van der Waals surface area contributed by atoms with Crippen LogP contribution in [0.5, 0.6) is 5.75 Å². The number of aromatic nitrogens is 1. The molecule has 0 aliphatic rings. The van der Waals surface area contributed by atoms with Crippen LogP contribution >= 0.6 is 0 Å². The minimum Gasteiger partial charge on any atom is -0.485 e. The lowest BCUT2D eigenvalue weighted by Crippen LogP contribution is -2.13. The number of hydrogen-bond donors (Lipinski definition) is 1. The molecule has 1 aromatic carbocycles. The summed E-state index contributed by atoms with van der Waals surface area (Å²) in [5.41, 5.74) is 3.30. The number of hydrogen-bond acceptors (Lipinski definition) is 3. The van der Waals surface area contributed by atoms with Crippen LogP contribution in [0.1, 0.15) is 28.7 Å². The van der Waals surface area contributed by atoms with E-state index in [1.165, 1.54) is 6.92 Å². The van der Waals surface area contributed by atoms with Gasteiger partial charge in [-0.3, -0.25) is 9.59 Å². The molecule has 0 fully saturated rings. The molecule has 0 saturated carbocycles. The largest absolute Gasteiger partial charge is 0.485 e. The molecule has 0 atom stereocenters. The van der Waals surface area contributed by atoms with Gasteiger partial charge < -0.3 is 14.6 Å². The van der Waals surface area contributed by atoms with Crippen LogP contribution in [0.15, 0.2) is 43.0 Å². The minimum atomic E-state index is -0.131. The molecule has 2 aromatic rings. The van der Waals surface area contributed by atoms with Crippen LogP contribution < -0.4 is 10.1 Å². The molecule has 0 bridgehead atoms. The van der Waals surface area contributed by atoms with Gasteiger partial charge in [0.25, 0.3) is 0 Å². The lowest BCUT2D eigenvalue weighted by atomic mass is 10.1. The van der Waals surface area contributed by atoms with Gasteiger partial charge in [0.1, 0.15) is 5.75 Å². The highest BCUT2D eigenvalue weighted by atomic mass is 16.5. The summed E-state index contributed by atoms with van der Waals surface area (Å²) < 4.78 is 7.60. The first-order valence-corrected chi connectivity index (χ1v) is 7.73. The number of anilines is 1. The number of carbonyl (C=O) groups is 2. The van der Waals surface area contributed by atoms with Crippen LogP contribution in [0.3, 0.4) is 0 Å². The molecule has 0 aliphatic heterocycles. The Morgan fingerprint density at radius 3 is 2.50 bits per heavy atom. The summed E-state index contributed by atoms with van der Waals surface area (Å²) >= 11 is 0. The summed E-state index contributed by atoms with van der Waals surface area (Å²) in [7, 11) is 0. The van der Waals surface area contributed by atoms with Crippen molar-refractivity contribution in [1.82, 2.24) is 4.57 Å². The number of amides is 1. The summed E-state index contributed by atoms with van der Waals surface area (Å²) in [6, 6.07) is 8.79. The van der Waals surface area contributed by atoms with Crippen molar-refractivity contribution in [1.29, 1.82) is 0 Å². The predicted molar refractivity (Wildman–Crippen MR) is 94.7 cm³/mol. The Morgan fingerprint density at radius 1 is 1.25 bits per heavy atom. The molecule has 2 rings (SSSR count). The number of nitrogens with one attached hydrogen (secondary N) is 1. The zero-order chi connectivity index (χ0) is 17.7. The zero-order valence-corrected chi connectivity index (χ0v) is 14.3. The molecule has 5 heteroatoms. The molecule has 126 valence electrons. The Bertz CT molecular complexity index is 758. The Labute approximate surface area is 141 Å². The fraction of sp³-hybridized carbons (Fsp3) is 0.263. The molecule has 0 unspecified atom stereocenters. The summed E-state index contributed by atoms with van der Waals surface area (Å²) in [5, 5.41) is 2.68. The number of Topliss-reactive ketones (excluding diaryl/α,β-unsaturated/α-hetero) is 1. The van der Waals surface area contributed by atoms with Gasteiger partial charge in [-0.1, -0.05) is 6.08 Å². The van der Waals surface area contributed by atoms with Crippen LogP contribution in [0.25, 0.3) is 0 Å². The number of nitrogens with zero attached hydrogens (tertiary/aromatic N) is 1. The number of ketones is 1. The van der Waals surface area contributed by atoms with Gasteiger partial charge >= 0.3 is 0 Å². The molecule has 24 heavy (non-hydrogen) atoms. The van der Waals surface area contributed by atoms with Crippen LogP contribution in [-0.4, -0.2) is 22.9 Å². The van der Waals surface area contributed by atoms with E-state index in [4.69, 9.17) is 4.74 Å². The molecular weight excluding hydrogens is 304 g/mol. The van der Waals surface area contributed by atoms with Gasteiger partial charge in [-0.05, 0) is 44.2 Å². The van der Waals surface area contributed by atoms with Crippen molar-refractivity contribution in [2.75, 3.05) is 11.9 Å². The van der Waals surface area contributed by atoms with Crippen LogP contribution in [0.4, 0.5) is 5.69 Å². The highest BCUT2D eigenvalue weighted by Gasteiger charge is 2.15. The van der Waals surface area contributed by atoms with E-state index in [0.717, 1.165) is 11.4 Å². The maximum absolute atomic E-state index is 12.4. The van der Waals surface area contributed by atoms with Crippen molar-refractivity contribution < 1.29 is 14.3 Å².